The molecule has 18 heavy (non-hydrogen) atoms. The summed E-state index contributed by atoms with van der Waals surface area (Å²) >= 11 is 2.50. The first-order chi connectivity index (χ1) is 8.70. The second-order valence-electron chi connectivity index (χ2n) is 3.57. The molecule has 4 heteroatoms. The van der Waals surface area contributed by atoms with Gasteiger partial charge in [0.05, 0.1) is 0 Å². The van der Waals surface area contributed by atoms with Crippen LogP contribution in [-0.4, -0.2) is 20.6 Å². The SMILES string of the molecule is N#C/C(=C\c1ccc(-c2ccccc2)o1)C(=N)[Se]. The van der Waals surface area contributed by atoms with E-state index in [0.29, 0.717) is 5.76 Å². The second kappa shape index (κ2) is 5.50. The van der Waals surface area contributed by atoms with Crippen LogP contribution in [0.25, 0.3) is 17.4 Å². The quantitative estimate of drug-likeness (QED) is 0.538. The van der Waals surface area contributed by atoms with E-state index >= 15 is 0 Å². The molecule has 0 saturated heterocycles. The van der Waals surface area contributed by atoms with Crippen LogP contribution < -0.4 is 0 Å². The molecule has 0 unspecified atom stereocenters. The Kier molecular flexibility index (Phi) is 3.78. The zero-order valence-corrected chi connectivity index (χ0v) is 11.1. The Morgan fingerprint density at radius 1 is 1.22 bits per heavy atom. The van der Waals surface area contributed by atoms with Crippen LogP contribution in [0.3, 0.4) is 0 Å². The number of hydrogen-bond donors (Lipinski definition) is 1. The van der Waals surface area contributed by atoms with Crippen LogP contribution in [0.2, 0.25) is 0 Å². The summed E-state index contributed by atoms with van der Waals surface area (Å²) in [5.74, 6) is 1.30. The summed E-state index contributed by atoms with van der Waals surface area (Å²) in [4.78, 5) is 0. The molecule has 0 atom stereocenters. The van der Waals surface area contributed by atoms with Crippen molar-refractivity contribution < 1.29 is 4.42 Å². The second-order valence-corrected chi connectivity index (χ2v) is 4.42. The third kappa shape index (κ3) is 2.78. The summed E-state index contributed by atoms with van der Waals surface area (Å²) in [6.07, 6.45) is 1.55. The fourth-order valence-corrected chi connectivity index (χ4v) is 1.70. The van der Waals surface area contributed by atoms with E-state index in [-0.39, 0.29) is 10.2 Å². The third-order valence-corrected chi connectivity index (χ3v) is 2.80. The molecule has 1 radical (unpaired) electrons. The molecule has 0 aliphatic carbocycles. The van der Waals surface area contributed by atoms with Gasteiger partial charge >= 0.3 is 113 Å². The number of hydrogen-bond acceptors (Lipinski definition) is 3. The number of benzene rings is 1. The third-order valence-electron chi connectivity index (χ3n) is 2.34. The van der Waals surface area contributed by atoms with E-state index in [1.807, 2.05) is 42.5 Å². The summed E-state index contributed by atoms with van der Waals surface area (Å²) in [5, 5.41) is 16.2. The van der Waals surface area contributed by atoms with E-state index in [2.05, 4.69) is 16.0 Å². The van der Waals surface area contributed by atoms with Crippen LogP contribution in [0.4, 0.5) is 0 Å². The topological polar surface area (TPSA) is 60.8 Å². The Bertz CT molecular complexity index is 635. The molecule has 1 aromatic heterocycles. The van der Waals surface area contributed by atoms with Gasteiger partial charge in [-0.15, -0.1) is 0 Å². The summed E-state index contributed by atoms with van der Waals surface area (Å²) in [5.41, 5.74) is 1.23. The summed E-state index contributed by atoms with van der Waals surface area (Å²) in [7, 11) is 0. The van der Waals surface area contributed by atoms with Crippen molar-refractivity contribution in [3.63, 3.8) is 0 Å². The molecule has 0 aliphatic heterocycles. The zero-order chi connectivity index (χ0) is 13.0. The molecule has 0 spiro atoms. The van der Waals surface area contributed by atoms with Gasteiger partial charge < -0.3 is 0 Å². The van der Waals surface area contributed by atoms with Crippen LogP contribution >= 0.6 is 0 Å². The van der Waals surface area contributed by atoms with Crippen molar-refractivity contribution in [3.05, 3.63) is 53.8 Å². The maximum absolute atomic E-state index is 8.86. The van der Waals surface area contributed by atoms with Crippen molar-refractivity contribution in [3.8, 4) is 17.4 Å². The van der Waals surface area contributed by atoms with Crippen LogP contribution in [0.5, 0.6) is 0 Å². The minimum atomic E-state index is 0.107. The Morgan fingerprint density at radius 3 is 2.56 bits per heavy atom. The standard InChI is InChI=1S/C14H9N2OSe/c15-9-11(14(16)18)8-12-6-7-13(17-12)10-4-2-1-3-5-10/h1-8,16H/b11-8+,16-14?. The fraction of sp³-hybridized carbons (Fsp3) is 0. The molecule has 1 heterocycles. The van der Waals surface area contributed by atoms with Crippen molar-refractivity contribution in [1.29, 1.82) is 10.7 Å². The van der Waals surface area contributed by atoms with Gasteiger partial charge in [-0.25, -0.2) is 0 Å². The number of allylic oxidation sites excluding steroid dienone is 1. The van der Waals surface area contributed by atoms with Gasteiger partial charge in [-0.3, -0.25) is 0 Å². The molecule has 2 aromatic rings. The molecule has 1 N–H and O–H groups in total. The monoisotopic (exact) mass is 301 g/mol. The molecular formula is C14H9N2OSe. The average molecular weight is 300 g/mol. The minimum absolute atomic E-state index is 0.107. The van der Waals surface area contributed by atoms with E-state index in [9.17, 15) is 0 Å². The molecule has 0 fully saturated rings. The van der Waals surface area contributed by atoms with Crippen molar-refractivity contribution >= 4 is 26.7 Å². The summed E-state index contributed by atoms with van der Waals surface area (Å²) in [6, 6.07) is 15.3. The van der Waals surface area contributed by atoms with E-state index < -0.39 is 0 Å². The van der Waals surface area contributed by atoms with Gasteiger partial charge in [-0.1, -0.05) is 0 Å². The average Bonchev–Trinajstić information content (AvgIpc) is 2.85. The predicted molar refractivity (Wildman–Crippen MR) is 71.2 cm³/mol. The first-order valence-corrected chi connectivity index (χ1v) is 6.09. The van der Waals surface area contributed by atoms with Crippen LogP contribution in [0.15, 0.2) is 52.5 Å². The van der Waals surface area contributed by atoms with Gasteiger partial charge in [-0.05, 0) is 0 Å². The Morgan fingerprint density at radius 2 is 1.94 bits per heavy atom. The molecule has 0 amide bonds. The van der Waals surface area contributed by atoms with Gasteiger partial charge in [0, 0.05) is 0 Å². The number of nitrogens with one attached hydrogen (secondary N) is 1. The van der Waals surface area contributed by atoms with Gasteiger partial charge in [0.1, 0.15) is 0 Å². The van der Waals surface area contributed by atoms with E-state index in [0.717, 1.165) is 11.3 Å². The molecule has 2 rings (SSSR count). The molecule has 87 valence electrons. The maximum atomic E-state index is 8.86. The number of nitriles is 1. The van der Waals surface area contributed by atoms with Gasteiger partial charge in [0.25, 0.3) is 0 Å². The molecule has 0 aliphatic rings. The van der Waals surface area contributed by atoms with Crippen molar-refractivity contribution in [1.82, 2.24) is 0 Å². The van der Waals surface area contributed by atoms with Crippen molar-refractivity contribution in [2.24, 2.45) is 0 Å². The molecule has 0 saturated carbocycles. The molecule has 3 nitrogen and oxygen atoms in total. The molecular weight excluding hydrogens is 291 g/mol. The Balaban J connectivity index is 2.33. The first-order valence-electron chi connectivity index (χ1n) is 5.23. The van der Waals surface area contributed by atoms with E-state index in [1.54, 1.807) is 12.1 Å². The fourth-order valence-electron chi connectivity index (χ4n) is 1.48. The number of nitrogens with zero attached hydrogens (tertiary/aromatic N) is 1. The Labute approximate surface area is 113 Å². The molecule has 1 aromatic carbocycles. The Hall–Kier alpha value is -2.08. The van der Waals surface area contributed by atoms with Crippen LogP contribution in [0.1, 0.15) is 5.76 Å². The van der Waals surface area contributed by atoms with Gasteiger partial charge in [0.2, 0.25) is 0 Å². The first kappa shape index (κ1) is 12.4. The number of furan rings is 1. The van der Waals surface area contributed by atoms with Crippen molar-refractivity contribution in [2.45, 2.75) is 0 Å². The van der Waals surface area contributed by atoms with E-state index in [1.165, 1.54) is 0 Å². The zero-order valence-electron chi connectivity index (χ0n) is 9.38. The summed E-state index contributed by atoms with van der Waals surface area (Å²) in [6.45, 7) is 0. The van der Waals surface area contributed by atoms with Crippen LogP contribution in [0, 0.1) is 16.7 Å². The number of rotatable bonds is 3. The van der Waals surface area contributed by atoms with E-state index in [4.69, 9.17) is 15.1 Å². The van der Waals surface area contributed by atoms with Crippen LogP contribution in [-0.2, 0) is 0 Å². The van der Waals surface area contributed by atoms with Gasteiger partial charge in [0.15, 0.2) is 0 Å². The summed E-state index contributed by atoms with van der Waals surface area (Å²) < 4.78 is 5.72. The van der Waals surface area contributed by atoms with Crippen molar-refractivity contribution in [2.75, 3.05) is 0 Å². The van der Waals surface area contributed by atoms with Gasteiger partial charge in [-0.2, -0.15) is 0 Å². The molecule has 0 bridgehead atoms. The predicted octanol–water partition coefficient (Wildman–Crippen LogP) is 3.00. The normalized spacial score (nSPS) is 10.9.